The Morgan fingerprint density at radius 1 is 1.14 bits per heavy atom. The summed E-state index contributed by atoms with van der Waals surface area (Å²) in [5.74, 6) is 0.757. The molecule has 0 aromatic heterocycles. The molecule has 2 N–H and O–H groups in total. The van der Waals surface area contributed by atoms with E-state index in [0.717, 1.165) is 5.96 Å². The SMILES string of the molecule is CN=C(NCc1ccccc1COC)NCC(C)(C)OC.I. The van der Waals surface area contributed by atoms with E-state index in [1.165, 1.54) is 11.1 Å². The van der Waals surface area contributed by atoms with Gasteiger partial charge in [0.1, 0.15) is 0 Å². The third kappa shape index (κ3) is 7.42. The van der Waals surface area contributed by atoms with Crippen molar-refractivity contribution >= 4 is 29.9 Å². The molecule has 6 heteroatoms. The van der Waals surface area contributed by atoms with E-state index < -0.39 is 0 Å². The Balaban J connectivity index is 0.00000441. The molecule has 0 saturated carbocycles. The van der Waals surface area contributed by atoms with E-state index in [-0.39, 0.29) is 29.6 Å². The molecule has 22 heavy (non-hydrogen) atoms. The lowest BCUT2D eigenvalue weighted by molar-refractivity contribution is 0.0268. The lowest BCUT2D eigenvalue weighted by Gasteiger charge is -2.24. The predicted molar refractivity (Wildman–Crippen MR) is 102 cm³/mol. The first kappa shape index (κ1) is 21.1. The van der Waals surface area contributed by atoms with Gasteiger partial charge >= 0.3 is 0 Å². The predicted octanol–water partition coefficient (Wildman–Crippen LogP) is 2.54. The number of ether oxygens (including phenoxy) is 2. The first-order valence-electron chi connectivity index (χ1n) is 7.08. The molecular weight excluding hydrogens is 393 g/mol. The van der Waals surface area contributed by atoms with Crippen molar-refractivity contribution in [1.82, 2.24) is 10.6 Å². The summed E-state index contributed by atoms with van der Waals surface area (Å²) in [7, 11) is 5.17. The van der Waals surface area contributed by atoms with Crippen molar-refractivity contribution in [3.8, 4) is 0 Å². The van der Waals surface area contributed by atoms with Gasteiger partial charge in [0.25, 0.3) is 0 Å². The minimum atomic E-state index is -0.231. The number of aliphatic imine (C=N–C) groups is 1. The Hall–Kier alpha value is -0.860. The van der Waals surface area contributed by atoms with Gasteiger partial charge < -0.3 is 20.1 Å². The summed E-state index contributed by atoms with van der Waals surface area (Å²) >= 11 is 0. The van der Waals surface area contributed by atoms with Gasteiger partial charge in [0.05, 0.1) is 12.2 Å². The normalized spacial score (nSPS) is 11.8. The highest BCUT2D eigenvalue weighted by molar-refractivity contribution is 14.0. The quantitative estimate of drug-likeness (QED) is 0.404. The van der Waals surface area contributed by atoms with Gasteiger partial charge in [-0.15, -0.1) is 24.0 Å². The average Bonchev–Trinajstić information content (AvgIpc) is 2.49. The molecular formula is C16H28IN3O2. The molecule has 5 nitrogen and oxygen atoms in total. The second kappa shape index (κ2) is 10.8. The number of benzene rings is 1. The molecule has 1 rings (SSSR count). The van der Waals surface area contributed by atoms with Crippen LogP contribution < -0.4 is 10.6 Å². The molecule has 0 atom stereocenters. The molecule has 0 heterocycles. The van der Waals surface area contributed by atoms with Crippen LogP contribution in [0.5, 0.6) is 0 Å². The molecule has 0 aliphatic rings. The number of halogens is 1. The molecule has 0 unspecified atom stereocenters. The number of hydrogen-bond donors (Lipinski definition) is 2. The van der Waals surface area contributed by atoms with Crippen LogP contribution in [-0.4, -0.2) is 39.4 Å². The van der Waals surface area contributed by atoms with E-state index >= 15 is 0 Å². The number of guanidine groups is 1. The molecule has 0 saturated heterocycles. The van der Waals surface area contributed by atoms with E-state index in [4.69, 9.17) is 9.47 Å². The van der Waals surface area contributed by atoms with Crippen molar-refractivity contribution in [3.63, 3.8) is 0 Å². The molecule has 0 spiro atoms. The minimum Gasteiger partial charge on any atom is -0.380 e. The van der Waals surface area contributed by atoms with Gasteiger partial charge in [0, 0.05) is 34.4 Å². The molecule has 0 radical (unpaired) electrons. The largest absolute Gasteiger partial charge is 0.380 e. The number of nitrogens with zero attached hydrogens (tertiary/aromatic N) is 1. The van der Waals surface area contributed by atoms with E-state index in [1.54, 1.807) is 21.3 Å². The topological polar surface area (TPSA) is 54.9 Å². The molecule has 1 aromatic rings. The molecule has 0 bridgehead atoms. The van der Waals surface area contributed by atoms with Crippen LogP contribution in [0.2, 0.25) is 0 Å². The van der Waals surface area contributed by atoms with Gasteiger partial charge in [-0.05, 0) is 25.0 Å². The van der Waals surface area contributed by atoms with Gasteiger partial charge in [-0.1, -0.05) is 24.3 Å². The Kier molecular flexibility index (Phi) is 10.4. The van der Waals surface area contributed by atoms with Crippen molar-refractivity contribution in [1.29, 1.82) is 0 Å². The minimum absolute atomic E-state index is 0. The smallest absolute Gasteiger partial charge is 0.191 e. The van der Waals surface area contributed by atoms with E-state index in [0.29, 0.717) is 19.7 Å². The number of hydrogen-bond acceptors (Lipinski definition) is 3. The Bertz CT molecular complexity index is 464. The van der Waals surface area contributed by atoms with Crippen molar-refractivity contribution in [2.75, 3.05) is 27.8 Å². The van der Waals surface area contributed by atoms with Gasteiger partial charge in [-0.2, -0.15) is 0 Å². The highest BCUT2D eigenvalue weighted by Gasteiger charge is 2.16. The Morgan fingerprint density at radius 2 is 1.77 bits per heavy atom. The molecule has 0 aliphatic heterocycles. The van der Waals surface area contributed by atoms with Crippen molar-refractivity contribution in [2.24, 2.45) is 4.99 Å². The summed E-state index contributed by atoms with van der Waals surface area (Å²) in [5.41, 5.74) is 2.15. The monoisotopic (exact) mass is 421 g/mol. The zero-order chi connectivity index (χ0) is 15.7. The average molecular weight is 421 g/mol. The van der Waals surface area contributed by atoms with Crippen LogP contribution in [0, 0.1) is 0 Å². The number of nitrogens with one attached hydrogen (secondary N) is 2. The maximum Gasteiger partial charge on any atom is 0.191 e. The summed E-state index contributed by atoms with van der Waals surface area (Å²) in [6.07, 6.45) is 0. The fraction of sp³-hybridized carbons (Fsp3) is 0.562. The van der Waals surface area contributed by atoms with Gasteiger partial charge in [0.15, 0.2) is 5.96 Å². The first-order valence-corrected chi connectivity index (χ1v) is 7.08. The summed E-state index contributed by atoms with van der Waals surface area (Å²) in [5, 5.41) is 6.57. The van der Waals surface area contributed by atoms with Crippen LogP contribution in [-0.2, 0) is 22.6 Å². The van der Waals surface area contributed by atoms with Crippen LogP contribution in [0.3, 0.4) is 0 Å². The lowest BCUT2D eigenvalue weighted by atomic mass is 10.1. The number of methoxy groups -OCH3 is 2. The summed E-state index contributed by atoms with van der Waals surface area (Å²) in [6.45, 7) is 6.05. The highest BCUT2D eigenvalue weighted by Crippen LogP contribution is 2.09. The molecule has 0 aliphatic carbocycles. The van der Waals surface area contributed by atoms with Crippen LogP contribution in [0.15, 0.2) is 29.3 Å². The fourth-order valence-electron chi connectivity index (χ4n) is 1.79. The standard InChI is InChI=1S/C16H27N3O2.HI/c1-16(2,21-5)12-19-15(17-3)18-10-13-8-6-7-9-14(13)11-20-4;/h6-9H,10-12H2,1-5H3,(H2,17,18,19);1H. The molecule has 1 aromatic carbocycles. The van der Waals surface area contributed by atoms with Crippen LogP contribution in [0.25, 0.3) is 0 Å². The second-order valence-corrected chi connectivity index (χ2v) is 5.44. The van der Waals surface area contributed by atoms with Crippen LogP contribution >= 0.6 is 24.0 Å². The molecule has 126 valence electrons. The third-order valence-corrected chi connectivity index (χ3v) is 3.32. The summed E-state index contributed by atoms with van der Waals surface area (Å²) < 4.78 is 10.6. The van der Waals surface area contributed by atoms with Crippen LogP contribution in [0.1, 0.15) is 25.0 Å². The Labute approximate surface area is 150 Å². The van der Waals surface area contributed by atoms with Crippen molar-refractivity contribution in [2.45, 2.75) is 32.6 Å². The first-order chi connectivity index (χ1) is 10.0. The van der Waals surface area contributed by atoms with E-state index in [2.05, 4.69) is 27.8 Å². The zero-order valence-electron chi connectivity index (χ0n) is 14.1. The maximum atomic E-state index is 5.38. The van der Waals surface area contributed by atoms with Gasteiger partial charge in [-0.25, -0.2) is 0 Å². The zero-order valence-corrected chi connectivity index (χ0v) is 16.4. The van der Waals surface area contributed by atoms with Gasteiger partial charge in [-0.3, -0.25) is 4.99 Å². The van der Waals surface area contributed by atoms with E-state index in [9.17, 15) is 0 Å². The van der Waals surface area contributed by atoms with Gasteiger partial charge in [0.2, 0.25) is 0 Å². The Morgan fingerprint density at radius 3 is 2.32 bits per heavy atom. The highest BCUT2D eigenvalue weighted by atomic mass is 127. The summed E-state index contributed by atoms with van der Waals surface area (Å²) in [4.78, 5) is 4.22. The molecule has 0 amide bonds. The maximum absolute atomic E-state index is 5.38. The van der Waals surface area contributed by atoms with Crippen molar-refractivity contribution in [3.05, 3.63) is 35.4 Å². The van der Waals surface area contributed by atoms with Crippen molar-refractivity contribution < 1.29 is 9.47 Å². The lowest BCUT2D eigenvalue weighted by Crippen LogP contribution is -2.45. The summed E-state index contributed by atoms with van der Waals surface area (Å²) in [6, 6.07) is 8.21. The third-order valence-electron chi connectivity index (χ3n) is 3.32. The van der Waals surface area contributed by atoms with E-state index in [1.807, 2.05) is 26.0 Å². The number of rotatable bonds is 7. The fourth-order valence-corrected chi connectivity index (χ4v) is 1.79. The molecule has 0 fully saturated rings. The van der Waals surface area contributed by atoms with Crippen LogP contribution in [0.4, 0.5) is 0 Å². The second-order valence-electron chi connectivity index (χ2n) is 5.44.